The van der Waals surface area contributed by atoms with Gasteiger partial charge in [0.05, 0.1) is 0 Å². The molecule has 14 heavy (non-hydrogen) atoms. The van der Waals surface area contributed by atoms with Crippen LogP contribution in [-0.4, -0.2) is 30.6 Å². The summed E-state index contributed by atoms with van der Waals surface area (Å²) in [6.07, 6.45) is -0.767. The van der Waals surface area contributed by atoms with Gasteiger partial charge in [0.25, 0.3) is 0 Å². The first-order valence-electron chi connectivity index (χ1n) is 4.42. The maximum atomic E-state index is 13.8. The van der Waals surface area contributed by atoms with Crippen LogP contribution < -0.4 is 0 Å². The molecule has 1 aliphatic heterocycles. The van der Waals surface area contributed by atoms with Crippen molar-refractivity contribution in [2.24, 2.45) is 5.92 Å². The molecule has 0 aromatic heterocycles. The Labute approximate surface area is 100 Å². The van der Waals surface area contributed by atoms with Crippen LogP contribution in [0.5, 0.6) is 0 Å². The van der Waals surface area contributed by atoms with E-state index in [0.29, 0.717) is 6.61 Å². The third-order valence-electron chi connectivity index (χ3n) is 2.51. The molecule has 0 bridgehead atoms. The van der Waals surface area contributed by atoms with E-state index >= 15 is 0 Å². The molecule has 1 fully saturated rings. The number of hydrogen-bond acceptors (Lipinski definition) is 2. The predicted octanol–water partition coefficient (Wildman–Crippen LogP) is 2.82. The molecule has 0 saturated carbocycles. The van der Waals surface area contributed by atoms with Crippen LogP contribution in [0.2, 0.25) is 0 Å². The fourth-order valence-electron chi connectivity index (χ4n) is 1.45. The Morgan fingerprint density at radius 2 is 2.21 bits per heavy atom. The SMILES string of the molecule is C[C@@H]1O[C@H](CO[P+](C)=[W])[C@@H](C)[C@]1(F)Cl. The van der Waals surface area contributed by atoms with Gasteiger partial charge in [-0.05, 0) is 0 Å². The van der Waals surface area contributed by atoms with Crippen molar-refractivity contribution in [3.05, 3.63) is 0 Å². The van der Waals surface area contributed by atoms with Crippen molar-refractivity contribution >= 4 is 17.4 Å². The average Bonchev–Trinajstić information content (AvgIpc) is 2.26. The van der Waals surface area contributed by atoms with E-state index in [4.69, 9.17) is 20.9 Å². The molecule has 0 aliphatic carbocycles. The summed E-state index contributed by atoms with van der Waals surface area (Å²) in [6, 6.07) is 0. The Kier molecular flexibility index (Phi) is 4.69. The summed E-state index contributed by atoms with van der Waals surface area (Å²) < 4.78 is 24.7. The molecule has 0 amide bonds. The minimum atomic E-state index is -1.74. The molecule has 1 saturated heterocycles. The van der Waals surface area contributed by atoms with Gasteiger partial charge in [-0.3, -0.25) is 0 Å². The van der Waals surface area contributed by atoms with E-state index in [1.165, 1.54) is 18.8 Å². The molecular weight excluding hydrogens is 397 g/mol. The zero-order valence-electron chi connectivity index (χ0n) is 8.37. The zero-order valence-corrected chi connectivity index (χ0v) is 13.0. The van der Waals surface area contributed by atoms with Crippen molar-refractivity contribution in [2.45, 2.75) is 31.2 Å². The van der Waals surface area contributed by atoms with Crippen LogP contribution in [0.3, 0.4) is 0 Å². The van der Waals surface area contributed by atoms with Gasteiger partial charge in [0.1, 0.15) is 0 Å². The Balaban J connectivity index is 2.54. The first-order valence-corrected chi connectivity index (χ1v) is 10.4. The summed E-state index contributed by atoms with van der Waals surface area (Å²) in [5.74, 6) is -0.659. The van der Waals surface area contributed by atoms with Crippen molar-refractivity contribution < 1.29 is 32.5 Å². The third-order valence-corrected chi connectivity index (χ3v) is 4.81. The molecule has 0 spiro atoms. The molecule has 82 valence electrons. The number of rotatable bonds is 3. The Morgan fingerprint density at radius 3 is 2.57 bits per heavy atom. The fourth-order valence-corrected chi connectivity index (χ4v) is 2.66. The summed E-state index contributed by atoms with van der Waals surface area (Å²) in [5, 5.41) is -1.74. The quantitative estimate of drug-likeness (QED) is 0.525. The van der Waals surface area contributed by atoms with Gasteiger partial charge in [0.2, 0.25) is 0 Å². The second-order valence-corrected chi connectivity index (χ2v) is 10.8. The number of alkyl halides is 2. The normalized spacial score (nSPS) is 44.1. The first-order chi connectivity index (χ1) is 6.35. The van der Waals surface area contributed by atoms with Gasteiger partial charge in [-0.1, -0.05) is 0 Å². The summed E-state index contributed by atoms with van der Waals surface area (Å²) in [4.78, 5) is 0. The van der Waals surface area contributed by atoms with Gasteiger partial charge >= 0.3 is 100 Å². The molecule has 0 N–H and O–H groups in total. The minimum absolute atomic E-state index is 0.211. The second-order valence-electron chi connectivity index (χ2n) is 3.52. The first kappa shape index (κ1) is 13.2. The topological polar surface area (TPSA) is 18.5 Å². The standard InChI is InChI=1S/C8H14ClFO2P.W/c1-5-7(4-11-13-3)12-6(2)8(5,9)10;/h5-7H,4H2,1-3H3;/q-1;+2/t5-,6+,7-,8-;/m1./s1. The molecule has 1 rings (SSSR count). The van der Waals surface area contributed by atoms with Crippen LogP contribution in [0.15, 0.2) is 0 Å². The summed E-state index contributed by atoms with van der Waals surface area (Å²) in [7, 11) is 0. The average molecular weight is 411 g/mol. The van der Waals surface area contributed by atoms with E-state index in [0.717, 1.165) is 0 Å². The molecule has 0 radical (unpaired) electrons. The van der Waals surface area contributed by atoms with Gasteiger partial charge in [-0.15, -0.1) is 0 Å². The molecule has 2 nitrogen and oxygen atoms in total. The van der Waals surface area contributed by atoms with Gasteiger partial charge in [0, 0.05) is 0 Å². The van der Waals surface area contributed by atoms with Crippen LogP contribution >= 0.6 is 17.4 Å². The summed E-state index contributed by atoms with van der Waals surface area (Å²) in [5.41, 5.74) is 0. The van der Waals surface area contributed by atoms with E-state index in [2.05, 4.69) is 0 Å². The van der Waals surface area contributed by atoms with Crippen LogP contribution in [0, 0.1) is 5.92 Å². The second kappa shape index (κ2) is 4.97. The van der Waals surface area contributed by atoms with Crippen molar-refractivity contribution in [3.8, 4) is 0 Å². The summed E-state index contributed by atoms with van der Waals surface area (Å²) in [6.45, 7) is 5.92. The molecule has 1 unspecified atom stereocenters. The van der Waals surface area contributed by atoms with Crippen molar-refractivity contribution in [3.63, 3.8) is 0 Å². The Bertz CT molecular complexity index is 239. The zero-order chi connectivity index (χ0) is 10.9. The Morgan fingerprint density at radius 1 is 1.64 bits per heavy atom. The molecule has 0 aromatic carbocycles. The third kappa shape index (κ3) is 2.83. The van der Waals surface area contributed by atoms with Crippen LogP contribution in [0.1, 0.15) is 13.8 Å². The summed E-state index contributed by atoms with van der Waals surface area (Å²) >= 11 is 7.16. The molecule has 6 heteroatoms. The van der Waals surface area contributed by atoms with Gasteiger partial charge in [-0.2, -0.15) is 0 Å². The van der Waals surface area contributed by atoms with Crippen molar-refractivity contribution in [1.29, 1.82) is 0 Å². The number of halogens is 2. The van der Waals surface area contributed by atoms with E-state index in [1.807, 2.05) is 6.66 Å². The van der Waals surface area contributed by atoms with E-state index in [1.54, 1.807) is 13.8 Å². The molecule has 1 aliphatic rings. The van der Waals surface area contributed by atoms with Gasteiger partial charge in [0.15, 0.2) is 0 Å². The molecule has 5 atom stereocenters. The molecular formula is C8H14ClFO2PW+. The van der Waals surface area contributed by atoms with Gasteiger partial charge < -0.3 is 0 Å². The molecule has 0 aromatic rings. The fraction of sp³-hybridized carbons (Fsp3) is 1.00. The van der Waals surface area contributed by atoms with E-state index in [9.17, 15) is 4.39 Å². The van der Waals surface area contributed by atoms with Crippen molar-refractivity contribution in [2.75, 3.05) is 13.3 Å². The number of hydrogen-bond donors (Lipinski definition) is 0. The monoisotopic (exact) mass is 411 g/mol. The number of ether oxygens (including phenoxy) is 1. The predicted molar refractivity (Wildman–Crippen MR) is 52.0 cm³/mol. The van der Waals surface area contributed by atoms with Crippen LogP contribution in [0.4, 0.5) is 4.39 Å². The Hall–Kier alpha value is 1.13. The molecule has 1 heterocycles. The van der Waals surface area contributed by atoms with Crippen LogP contribution in [-0.2, 0) is 28.1 Å². The van der Waals surface area contributed by atoms with E-state index in [-0.39, 0.29) is 17.8 Å². The van der Waals surface area contributed by atoms with Crippen molar-refractivity contribution in [1.82, 2.24) is 0 Å². The van der Waals surface area contributed by atoms with E-state index < -0.39 is 11.2 Å². The van der Waals surface area contributed by atoms with Crippen LogP contribution in [0.25, 0.3) is 0 Å². The maximum absolute atomic E-state index is 13.8. The van der Waals surface area contributed by atoms with Gasteiger partial charge in [-0.25, -0.2) is 0 Å².